The van der Waals surface area contributed by atoms with E-state index in [4.69, 9.17) is 4.74 Å². The fourth-order valence-corrected chi connectivity index (χ4v) is 4.85. The number of hydrogen-bond acceptors (Lipinski definition) is 5. The van der Waals surface area contributed by atoms with E-state index in [0.29, 0.717) is 10.9 Å². The van der Waals surface area contributed by atoms with Gasteiger partial charge in [-0.1, -0.05) is 0 Å². The van der Waals surface area contributed by atoms with Crippen molar-refractivity contribution in [3.05, 3.63) is 34.1 Å². The molecule has 0 radical (unpaired) electrons. The van der Waals surface area contributed by atoms with Crippen molar-refractivity contribution in [3.63, 3.8) is 0 Å². The Morgan fingerprint density at radius 2 is 2.13 bits per heavy atom. The molecular formula is C14H15BrFNO5S. The Morgan fingerprint density at radius 3 is 2.74 bits per heavy atom. The maximum Gasteiger partial charge on any atom is 0.339 e. The summed E-state index contributed by atoms with van der Waals surface area (Å²) in [5, 5.41) is 2.56. The summed E-state index contributed by atoms with van der Waals surface area (Å²) in [5.74, 6) is -2.19. The van der Waals surface area contributed by atoms with Gasteiger partial charge in [0.05, 0.1) is 22.6 Å². The summed E-state index contributed by atoms with van der Waals surface area (Å²) in [7, 11) is -3.15. The van der Waals surface area contributed by atoms with Crippen LogP contribution in [0, 0.1) is 5.82 Å². The third kappa shape index (κ3) is 4.74. The molecule has 1 aromatic carbocycles. The molecule has 1 amide bonds. The number of rotatable bonds is 4. The Hall–Kier alpha value is -1.48. The fourth-order valence-electron chi connectivity index (χ4n) is 2.34. The first-order chi connectivity index (χ1) is 10.6. The molecule has 1 fully saturated rings. The number of halogens is 2. The number of carbonyl (C=O) groups excluding carboxylic acids is 2. The van der Waals surface area contributed by atoms with Gasteiger partial charge in [-0.25, -0.2) is 17.6 Å². The molecule has 2 rings (SSSR count). The number of sulfone groups is 1. The number of hydrogen-bond donors (Lipinski definition) is 1. The summed E-state index contributed by atoms with van der Waals surface area (Å²) in [6.45, 7) is 1.05. The van der Waals surface area contributed by atoms with E-state index in [2.05, 4.69) is 21.2 Å². The predicted octanol–water partition coefficient (Wildman–Crippen LogP) is 1.44. The second-order valence-electron chi connectivity index (χ2n) is 5.65. The highest BCUT2D eigenvalue weighted by Gasteiger charge is 2.39. The Morgan fingerprint density at radius 1 is 1.43 bits per heavy atom. The van der Waals surface area contributed by atoms with Crippen LogP contribution >= 0.6 is 15.9 Å². The molecular weight excluding hydrogens is 393 g/mol. The Bertz CT molecular complexity index is 752. The van der Waals surface area contributed by atoms with Crippen LogP contribution in [0.5, 0.6) is 0 Å². The average Bonchev–Trinajstić information content (AvgIpc) is 2.72. The van der Waals surface area contributed by atoms with Crippen molar-refractivity contribution in [2.24, 2.45) is 0 Å². The van der Waals surface area contributed by atoms with E-state index in [9.17, 15) is 22.4 Å². The smallest absolute Gasteiger partial charge is 0.339 e. The molecule has 0 spiro atoms. The lowest BCUT2D eigenvalue weighted by atomic mass is 10.0. The predicted molar refractivity (Wildman–Crippen MR) is 84.2 cm³/mol. The Labute approximate surface area is 141 Å². The lowest BCUT2D eigenvalue weighted by Crippen LogP contribution is -2.48. The van der Waals surface area contributed by atoms with Crippen molar-refractivity contribution >= 4 is 37.6 Å². The maximum atomic E-state index is 13.1. The normalized spacial score (nSPS) is 22.6. The number of amides is 1. The second kappa shape index (κ2) is 6.56. The molecule has 0 unspecified atom stereocenters. The molecule has 23 heavy (non-hydrogen) atoms. The van der Waals surface area contributed by atoms with E-state index in [1.54, 1.807) is 6.92 Å². The first-order valence-corrected chi connectivity index (χ1v) is 9.35. The first kappa shape index (κ1) is 17.9. The average molecular weight is 408 g/mol. The molecule has 0 aliphatic carbocycles. The van der Waals surface area contributed by atoms with E-state index in [1.165, 1.54) is 12.1 Å². The summed E-state index contributed by atoms with van der Waals surface area (Å²) in [5.41, 5.74) is -0.894. The van der Waals surface area contributed by atoms with E-state index < -0.39 is 39.7 Å². The van der Waals surface area contributed by atoms with E-state index >= 15 is 0 Å². The van der Waals surface area contributed by atoms with Crippen molar-refractivity contribution in [2.45, 2.75) is 18.9 Å². The van der Waals surface area contributed by atoms with E-state index in [1.807, 2.05) is 0 Å². The van der Waals surface area contributed by atoms with Crippen LogP contribution in [0.4, 0.5) is 4.39 Å². The van der Waals surface area contributed by atoms with Crippen molar-refractivity contribution in [2.75, 3.05) is 18.1 Å². The molecule has 1 heterocycles. The van der Waals surface area contributed by atoms with E-state index in [-0.39, 0.29) is 17.1 Å². The number of ether oxygens (including phenoxy) is 1. The summed E-state index contributed by atoms with van der Waals surface area (Å²) < 4.78 is 41.3. The van der Waals surface area contributed by atoms with Gasteiger partial charge in [0.15, 0.2) is 16.4 Å². The number of esters is 1. The van der Waals surface area contributed by atoms with Crippen LogP contribution in [0.3, 0.4) is 0 Å². The molecule has 9 heteroatoms. The second-order valence-corrected chi connectivity index (χ2v) is 8.69. The molecule has 1 N–H and O–H groups in total. The van der Waals surface area contributed by atoms with Crippen LogP contribution in [-0.2, 0) is 19.4 Å². The van der Waals surface area contributed by atoms with Gasteiger partial charge in [0, 0.05) is 4.47 Å². The van der Waals surface area contributed by atoms with Gasteiger partial charge in [-0.15, -0.1) is 0 Å². The van der Waals surface area contributed by atoms with E-state index in [0.717, 1.165) is 6.07 Å². The molecule has 6 nitrogen and oxygen atoms in total. The van der Waals surface area contributed by atoms with Gasteiger partial charge in [-0.05, 0) is 47.5 Å². The molecule has 0 bridgehead atoms. The number of benzene rings is 1. The molecule has 126 valence electrons. The van der Waals surface area contributed by atoms with Crippen LogP contribution in [0.1, 0.15) is 23.7 Å². The zero-order chi connectivity index (χ0) is 17.3. The third-order valence-electron chi connectivity index (χ3n) is 3.43. The van der Waals surface area contributed by atoms with Crippen LogP contribution < -0.4 is 5.32 Å². The topological polar surface area (TPSA) is 89.5 Å². The lowest BCUT2D eigenvalue weighted by molar-refractivity contribution is -0.125. The van der Waals surface area contributed by atoms with Crippen molar-refractivity contribution in [1.29, 1.82) is 0 Å². The summed E-state index contributed by atoms with van der Waals surface area (Å²) in [4.78, 5) is 23.7. The molecule has 1 atom stereocenters. The van der Waals surface area contributed by atoms with Gasteiger partial charge < -0.3 is 10.1 Å². The highest BCUT2D eigenvalue weighted by molar-refractivity contribution is 9.10. The van der Waals surface area contributed by atoms with Gasteiger partial charge in [-0.3, -0.25) is 4.79 Å². The Kier molecular flexibility index (Phi) is 5.10. The number of carbonyl (C=O) groups is 2. The third-order valence-corrected chi connectivity index (χ3v) is 6.02. The summed E-state index contributed by atoms with van der Waals surface area (Å²) in [6.07, 6.45) is 0.310. The maximum absolute atomic E-state index is 13.1. The summed E-state index contributed by atoms with van der Waals surface area (Å²) in [6, 6.07) is 3.53. The molecule has 0 saturated carbocycles. The quantitative estimate of drug-likeness (QED) is 0.762. The fraction of sp³-hybridized carbons (Fsp3) is 0.429. The summed E-state index contributed by atoms with van der Waals surface area (Å²) >= 11 is 3.10. The molecule has 1 aromatic rings. The van der Waals surface area contributed by atoms with Gasteiger partial charge >= 0.3 is 5.97 Å². The van der Waals surface area contributed by atoms with Crippen LogP contribution in [0.15, 0.2) is 22.7 Å². The number of nitrogens with one attached hydrogen (secondary N) is 1. The molecule has 0 aromatic heterocycles. The van der Waals surface area contributed by atoms with Gasteiger partial charge in [0.1, 0.15) is 5.82 Å². The molecule has 1 saturated heterocycles. The first-order valence-electron chi connectivity index (χ1n) is 6.74. The zero-order valence-corrected chi connectivity index (χ0v) is 14.7. The highest BCUT2D eigenvalue weighted by Crippen LogP contribution is 2.23. The van der Waals surface area contributed by atoms with Gasteiger partial charge in [0.25, 0.3) is 5.91 Å². The highest BCUT2D eigenvalue weighted by atomic mass is 79.9. The minimum atomic E-state index is -3.15. The van der Waals surface area contributed by atoms with Gasteiger partial charge in [-0.2, -0.15) is 0 Å². The lowest BCUT2D eigenvalue weighted by Gasteiger charge is -2.23. The van der Waals surface area contributed by atoms with Crippen molar-refractivity contribution in [3.8, 4) is 0 Å². The SMILES string of the molecule is C[C@]1(NC(=O)COC(=O)c2cc(F)ccc2Br)CCS(=O)(=O)C1. The van der Waals surface area contributed by atoms with Crippen LogP contribution in [0.2, 0.25) is 0 Å². The molecule has 1 aliphatic rings. The van der Waals surface area contributed by atoms with Crippen molar-refractivity contribution < 1.29 is 27.1 Å². The van der Waals surface area contributed by atoms with Gasteiger partial charge in [0.2, 0.25) is 0 Å². The van der Waals surface area contributed by atoms with Crippen molar-refractivity contribution in [1.82, 2.24) is 5.32 Å². The molecule has 1 aliphatic heterocycles. The monoisotopic (exact) mass is 407 g/mol. The minimum Gasteiger partial charge on any atom is -0.452 e. The van der Waals surface area contributed by atoms with Crippen LogP contribution in [-0.4, -0.2) is 43.9 Å². The Balaban J connectivity index is 1.92. The minimum absolute atomic E-state index is 0.0137. The van der Waals surface area contributed by atoms with Crippen LogP contribution in [0.25, 0.3) is 0 Å². The standard InChI is InChI=1S/C14H15BrFNO5S/c1-14(4-5-23(20,21)8-14)17-12(18)7-22-13(19)10-6-9(16)2-3-11(10)15/h2-3,6H,4-5,7-8H2,1H3,(H,17,18)/t14-/m0/s1. The zero-order valence-electron chi connectivity index (χ0n) is 12.3. The largest absolute Gasteiger partial charge is 0.452 e.